The van der Waals surface area contributed by atoms with Gasteiger partial charge in [0.2, 0.25) is 5.91 Å². The molecule has 1 aliphatic heterocycles. The number of nitrogens with one attached hydrogen (secondary N) is 2. The van der Waals surface area contributed by atoms with E-state index in [4.69, 9.17) is 25.8 Å². The zero-order valence-corrected chi connectivity index (χ0v) is 20.6. The van der Waals surface area contributed by atoms with E-state index in [1.165, 1.54) is 26.4 Å². The van der Waals surface area contributed by atoms with E-state index in [0.29, 0.717) is 26.7 Å². The molecule has 2 aromatic carbocycles. The molecule has 10 nitrogen and oxygen atoms in total. The van der Waals surface area contributed by atoms with E-state index in [2.05, 4.69) is 26.7 Å². The van der Waals surface area contributed by atoms with Crippen LogP contribution in [0.1, 0.15) is 16.8 Å². The number of rotatable bonds is 8. The van der Waals surface area contributed by atoms with Crippen LogP contribution in [0, 0.1) is 5.92 Å². The fourth-order valence-electron chi connectivity index (χ4n) is 3.12. The summed E-state index contributed by atoms with van der Waals surface area (Å²) < 4.78 is 16.0. The summed E-state index contributed by atoms with van der Waals surface area (Å²) in [5.74, 6) is -2.34. The van der Waals surface area contributed by atoms with Crippen LogP contribution in [-0.2, 0) is 19.1 Å². The van der Waals surface area contributed by atoms with Gasteiger partial charge in [-0.2, -0.15) is 0 Å². The predicted molar refractivity (Wildman–Crippen MR) is 126 cm³/mol. The number of hydrogen-bond acceptors (Lipinski definition) is 7. The molecule has 1 fully saturated rings. The minimum atomic E-state index is -0.831. The summed E-state index contributed by atoms with van der Waals surface area (Å²) in [6, 6.07) is 9.41. The second kappa shape index (κ2) is 11.2. The van der Waals surface area contributed by atoms with Gasteiger partial charge in [-0.05, 0) is 46.3 Å². The Labute approximate surface area is 208 Å². The largest absolute Gasteiger partial charge is 0.497 e. The van der Waals surface area contributed by atoms with Gasteiger partial charge in [0.25, 0.3) is 11.8 Å². The third kappa shape index (κ3) is 6.39. The van der Waals surface area contributed by atoms with Crippen molar-refractivity contribution in [3.63, 3.8) is 0 Å². The first-order chi connectivity index (χ1) is 16.2. The first kappa shape index (κ1) is 25.3. The number of ether oxygens (including phenoxy) is 3. The summed E-state index contributed by atoms with van der Waals surface area (Å²) in [6.07, 6.45) is -0.162. The Bertz CT molecular complexity index is 1110. The van der Waals surface area contributed by atoms with Gasteiger partial charge in [-0.25, -0.2) is 0 Å². The van der Waals surface area contributed by atoms with E-state index in [-0.39, 0.29) is 18.5 Å². The highest BCUT2D eigenvalue weighted by atomic mass is 79.9. The number of halogens is 2. The van der Waals surface area contributed by atoms with Crippen LogP contribution in [0.3, 0.4) is 0 Å². The van der Waals surface area contributed by atoms with Gasteiger partial charge < -0.3 is 19.5 Å². The first-order valence-electron chi connectivity index (χ1n) is 9.96. The molecule has 0 saturated carbocycles. The lowest BCUT2D eigenvalue weighted by Crippen LogP contribution is -2.43. The quantitative estimate of drug-likeness (QED) is 0.481. The van der Waals surface area contributed by atoms with Crippen LogP contribution in [0.4, 0.5) is 5.69 Å². The van der Waals surface area contributed by atoms with E-state index in [9.17, 15) is 19.2 Å². The molecule has 0 aromatic heterocycles. The Balaban J connectivity index is 1.52. The molecule has 2 N–H and O–H groups in total. The normalized spacial score (nSPS) is 15.0. The molecule has 0 unspecified atom stereocenters. The van der Waals surface area contributed by atoms with Gasteiger partial charge in [0.05, 0.1) is 31.7 Å². The standard InChI is InChI=1S/C22H21BrClN3O7/c1-32-15-5-12(6-16(9-15)33-2)21(30)26-27-10-13(7-20(27)29)22(31)34-11-19(28)25-14-3-4-17(23)18(24)8-14/h3-6,8-9,13H,7,10-11H2,1-2H3,(H,25,28)(H,26,30)/t13-/m1/s1. The van der Waals surface area contributed by atoms with Crippen molar-refractivity contribution in [2.45, 2.75) is 6.42 Å². The number of hydrogen-bond donors (Lipinski definition) is 2. The summed E-state index contributed by atoms with van der Waals surface area (Å²) in [6.45, 7) is -0.623. The smallest absolute Gasteiger partial charge is 0.311 e. The average molecular weight is 555 g/mol. The summed E-state index contributed by atoms with van der Waals surface area (Å²) in [5.41, 5.74) is 3.12. The average Bonchev–Trinajstić information content (AvgIpc) is 3.19. The maximum Gasteiger partial charge on any atom is 0.311 e. The molecule has 12 heteroatoms. The second-order valence-electron chi connectivity index (χ2n) is 7.23. The van der Waals surface area contributed by atoms with Crippen molar-refractivity contribution >= 4 is 56.9 Å². The molecular formula is C22H21BrClN3O7. The Hall–Kier alpha value is -3.31. The maximum absolute atomic E-state index is 12.6. The molecule has 2 aromatic rings. The Morgan fingerprint density at radius 2 is 1.79 bits per heavy atom. The van der Waals surface area contributed by atoms with Crippen LogP contribution >= 0.6 is 27.5 Å². The second-order valence-corrected chi connectivity index (χ2v) is 8.49. The van der Waals surface area contributed by atoms with Crippen LogP contribution in [0.25, 0.3) is 0 Å². The number of esters is 1. The van der Waals surface area contributed by atoms with Gasteiger partial charge in [0.1, 0.15) is 11.5 Å². The molecule has 1 aliphatic rings. The lowest BCUT2D eigenvalue weighted by Gasteiger charge is -2.18. The van der Waals surface area contributed by atoms with E-state index in [0.717, 1.165) is 5.01 Å². The third-order valence-electron chi connectivity index (χ3n) is 4.86. The third-order valence-corrected chi connectivity index (χ3v) is 6.09. The number of methoxy groups -OCH3 is 2. The number of amides is 3. The molecule has 0 spiro atoms. The molecular weight excluding hydrogens is 534 g/mol. The van der Waals surface area contributed by atoms with Gasteiger partial charge in [-0.3, -0.25) is 29.6 Å². The fraction of sp³-hybridized carbons (Fsp3) is 0.273. The van der Waals surface area contributed by atoms with Crippen LogP contribution in [0.2, 0.25) is 5.02 Å². The number of benzene rings is 2. The van der Waals surface area contributed by atoms with Crippen molar-refractivity contribution in [3.05, 3.63) is 51.5 Å². The fourth-order valence-corrected chi connectivity index (χ4v) is 3.55. The van der Waals surface area contributed by atoms with Crippen molar-refractivity contribution in [1.29, 1.82) is 0 Å². The van der Waals surface area contributed by atoms with Crippen LogP contribution in [0.5, 0.6) is 11.5 Å². The van der Waals surface area contributed by atoms with Gasteiger partial charge in [-0.15, -0.1) is 0 Å². The number of hydrazine groups is 1. The van der Waals surface area contributed by atoms with Crippen LogP contribution in [-0.4, -0.2) is 56.1 Å². The number of nitrogens with zero attached hydrogens (tertiary/aromatic N) is 1. The van der Waals surface area contributed by atoms with E-state index >= 15 is 0 Å². The van der Waals surface area contributed by atoms with E-state index in [1.807, 2.05) is 0 Å². The Morgan fingerprint density at radius 3 is 2.41 bits per heavy atom. The zero-order chi connectivity index (χ0) is 24.8. The number of carbonyl (C=O) groups is 4. The zero-order valence-electron chi connectivity index (χ0n) is 18.2. The van der Waals surface area contributed by atoms with E-state index < -0.39 is 36.2 Å². The molecule has 1 heterocycles. The summed E-state index contributed by atoms with van der Waals surface area (Å²) in [4.78, 5) is 49.3. The molecule has 1 atom stereocenters. The highest BCUT2D eigenvalue weighted by Gasteiger charge is 2.36. The molecule has 1 saturated heterocycles. The lowest BCUT2D eigenvalue weighted by molar-refractivity contribution is -0.151. The van der Waals surface area contributed by atoms with Crippen molar-refractivity contribution < 1.29 is 33.4 Å². The monoisotopic (exact) mass is 553 g/mol. The number of carbonyl (C=O) groups excluding carboxylic acids is 4. The van der Waals surface area contributed by atoms with E-state index in [1.54, 1.807) is 24.3 Å². The van der Waals surface area contributed by atoms with Crippen LogP contribution < -0.4 is 20.2 Å². The van der Waals surface area contributed by atoms with Gasteiger partial charge in [0, 0.05) is 28.2 Å². The van der Waals surface area contributed by atoms with Crippen molar-refractivity contribution in [2.75, 3.05) is 32.7 Å². The summed E-state index contributed by atoms with van der Waals surface area (Å²) in [5, 5.41) is 4.02. The predicted octanol–water partition coefficient (Wildman–Crippen LogP) is 2.79. The van der Waals surface area contributed by atoms with Crippen molar-refractivity contribution in [3.8, 4) is 11.5 Å². The highest BCUT2D eigenvalue weighted by Crippen LogP contribution is 2.26. The summed E-state index contributed by atoms with van der Waals surface area (Å²) >= 11 is 9.23. The lowest BCUT2D eigenvalue weighted by atomic mass is 10.1. The van der Waals surface area contributed by atoms with Crippen molar-refractivity contribution in [2.24, 2.45) is 5.92 Å². The van der Waals surface area contributed by atoms with Gasteiger partial charge >= 0.3 is 5.97 Å². The molecule has 3 rings (SSSR count). The van der Waals surface area contributed by atoms with Crippen LogP contribution in [0.15, 0.2) is 40.9 Å². The van der Waals surface area contributed by atoms with Gasteiger partial charge in [-0.1, -0.05) is 11.6 Å². The topological polar surface area (TPSA) is 123 Å². The molecule has 0 radical (unpaired) electrons. The SMILES string of the molecule is COc1cc(OC)cc(C(=O)NN2C[C@H](C(=O)OCC(=O)Nc3ccc(Br)c(Cl)c3)CC2=O)c1. The van der Waals surface area contributed by atoms with Crippen molar-refractivity contribution in [1.82, 2.24) is 10.4 Å². The molecule has 0 bridgehead atoms. The molecule has 34 heavy (non-hydrogen) atoms. The minimum absolute atomic E-state index is 0.0888. The molecule has 3 amide bonds. The first-order valence-corrected chi connectivity index (χ1v) is 11.1. The Morgan fingerprint density at radius 1 is 1.12 bits per heavy atom. The van der Waals surface area contributed by atoms with Gasteiger partial charge in [0.15, 0.2) is 6.61 Å². The highest BCUT2D eigenvalue weighted by molar-refractivity contribution is 9.10. The Kier molecular flexibility index (Phi) is 8.35. The summed E-state index contributed by atoms with van der Waals surface area (Å²) in [7, 11) is 2.90. The molecule has 0 aliphatic carbocycles. The molecule has 180 valence electrons. The number of anilines is 1. The minimum Gasteiger partial charge on any atom is -0.497 e. The maximum atomic E-state index is 12.6.